The van der Waals surface area contributed by atoms with E-state index in [1.165, 1.54) is 5.56 Å². The highest BCUT2D eigenvalue weighted by Crippen LogP contribution is 2.20. The fourth-order valence-electron chi connectivity index (χ4n) is 3.38. The zero-order valence-corrected chi connectivity index (χ0v) is 14.8. The topological polar surface area (TPSA) is 56.9 Å². The van der Waals surface area contributed by atoms with Crippen molar-refractivity contribution >= 4 is 5.96 Å². The summed E-state index contributed by atoms with van der Waals surface area (Å²) in [6, 6.07) is 11.2. The second-order valence-corrected chi connectivity index (χ2v) is 6.86. The SMILES string of the molecule is CCC1(N)C=CNC(N(C)C2CCN(Cc3ccccc3)CC2)=N1. The van der Waals surface area contributed by atoms with Crippen molar-refractivity contribution in [3.05, 3.63) is 48.2 Å². The minimum absolute atomic E-state index is 0.510. The second-order valence-electron chi connectivity index (χ2n) is 6.86. The van der Waals surface area contributed by atoms with Gasteiger partial charge in [0.05, 0.1) is 0 Å². The molecule has 24 heavy (non-hydrogen) atoms. The molecule has 1 fully saturated rings. The van der Waals surface area contributed by atoms with E-state index in [-0.39, 0.29) is 0 Å². The molecular formula is C19H29N5. The van der Waals surface area contributed by atoms with Crippen molar-refractivity contribution in [3.63, 3.8) is 0 Å². The van der Waals surface area contributed by atoms with Gasteiger partial charge in [-0.25, -0.2) is 4.99 Å². The Hall–Kier alpha value is -1.85. The molecule has 1 aromatic rings. The van der Waals surface area contributed by atoms with Crippen molar-refractivity contribution < 1.29 is 0 Å². The summed E-state index contributed by atoms with van der Waals surface area (Å²) in [6.07, 6.45) is 6.96. The smallest absolute Gasteiger partial charge is 0.200 e. The molecule has 2 heterocycles. The van der Waals surface area contributed by atoms with E-state index in [0.717, 1.165) is 44.9 Å². The van der Waals surface area contributed by atoms with Gasteiger partial charge in [-0.15, -0.1) is 0 Å². The molecular weight excluding hydrogens is 298 g/mol. The molecule has 5 nitrogen and oxygen atoms in total. The molecule has 0 saturated carbocycles. The van der Waals surface area contributed by atoms with Crippen molar-refractivity contribution in [1.29, 1.82) is 0 Å². The van der Waals surface area contributed by atoms with Crippen LogP contribution in [0.2, 0.25) is 0 Å². The van der Waals surface area contributed by atoms with Crippen LogP contribution in [0.4, 0.5) is 0 Å². The summed E-state index contributed by atoms with van der Waals surface area (Å²) in [5.41, 5.74) is 7.10. The molecule has 2 aliphatic heterocycles. The standard InChI is InChI=1S/C19H29N5/c1-3-19(20)11-12-21-18(22-19)23(2)17-9-13-24(14-10-17)15-16-7-5-4-6-8-16/h4-8,11-12,17H,3,9-10,13-15,20H2,1-2H3,(H,21,22). The number of aliphatic imine (C=N–C) groups is 1. The molecule has 0 aliphatic carbocycles. The quantitative estimate of drug-likeness (QED) is 0.889. The van der Waals surface area contributed by atoms with Gasteiger partial charge in [0, 0.05) is 38.9 Å². The predicted octanol–water partition coefficient (Wildman–Crippen LogP) is 2.12. The minimum atomic E-state index is -0.567. The Morgan fingerprint density at radius 1 is 1.29 bits per heavy atom. The van der Waals surface area contributed by atoms with E-state index in [4.69, 9.17) is 10.7 Å². The predicted molar refractivity (Wildman–Crippen MR) is 99.4 cm³/mol. The number of nitrogens with two attached hydrogens (primary N) is 1. The van der Waals surface area contributed by atoms with Crippen LogP contribution in [0, 0.1) is 0 Å². The fraction of sp³-hybridized carbons (Fsp3) is 0.526. The third kappa shape index (κ3) is 3.97. The number of nitrogens with one attached hydrogen (secondary N) is 1. The second kappa shape index (κ2) is 7.36. The molecule has 5 heteroatoms. The summed E-state index contributed by atoms with van der Waals surface area (Å²) < 4.78 is 0. The van der Waals surface area contributed by atoms with E-state index < -0.39 is 5.66 Å². The van der Waals surface area contributed by atoms with E-state index in [1.54, 1.807) is 0 Å². The van der Waals surface area contributed by atoms with Crippen LogP contribution in [-0.4, -0.2) is 47.6 Å². The molecule has 130 valence electrons. The van der Waals surface area contributed by atoms with Gasteiger partial charge in [-0.05, 0) is 30.9 Å². The summed E-state index contributed by atoms with van der Waals surface area (Å²) in [5, 5.41) is 3.26. The van der Waals surface area contributed by atoms with Gasteiger partial charge in [-0.3, -0.25) is 4.90 Å². The lowest BCUT2D eigenvalue weighted by Crippen LogP contribution is -2.52. The summed E-state index contributed by atoms with van der Waals surface area (Å²) in [5.74, 6) is 0.892. The Balaban J connectivity index is 1.55. The Morgan fingerprint density at radius 3 is 2.67 bits per heavy atom. The van der Waals surface area contributed by atoms with E-state index in [2.05, 4.69) is 59.4 Å². The highest BCUT2D eigenvalue weighted by atomic mass is 15.3. The molecule has 2 aliphatic rings. The Morgan fingerprint density at radius 2 is 2.00 bits per heavy atom. The van der Waals surface area contributed by atoms with Gasteiger partial charge in [0.2, 0.25) is 0 Å². The molecule has 0 bridgehead atoms. The fourth-order valence-corrected chi connectivity index (χ4v) is 3.38. The first kappa shape index (κ1) is 17.0. The van der Waals surface area contributed by atoms with E-state index >= 15 is 0 Å². The maximum Gasteiger partial charge on any atom is 0.200 e. The van der Waals surface area contributed by atoms with Gasteiger partial charge in [0.1, 0.15) is 5.66 Å². The van der Waals surface area contributed by atoms with Gasteiger partial charge in [-0.1, -0.05) is 37.3 Å². The first-order valence-electron chi connectivity index (χ1n) is 8.92. The molecule has 0 amide bonds. The summed E-state index contributed by atoms with van der Waals surface area (Å²) >= 11 is 0. The molecule has 3 N–H and O–H groups in total. The maximum atomic E-state index is 6.27. The lowest BCUT2D eigenvalue weighted by molar-refractivity contribution is 0.157. The van der Waals surface area contributed by atoms with Crippen molar-refractivity contribution in [3.8, 4) is 0 Å². The number of hydrogen-bond donors (Lipinski definition) is 2. The number of piperidine rings is 1. The number of hydrogen-bond acceptors (Lipinski definition) is 5. The van der Waals surface area contributed by atoms with E-state index in [1.807, 2.05) is 12.3 Å². The first-order chi connectivity index (χ1) is 11.6. The average Bonchev–Trinajstić information content (AvgIpc) is 2.63. The summed E-state index contributed by atoms with van der Waals surface area (Å²) in [7, 11) is 2.12. The molecule has 1 saturated heterocycles. The molecule has 0 radical (unpaired) electrons. The average molecular weight is 327 g/mol. The number of rotatable bonds is 4. The Bertz CT molecular complexity index is 589. The van der Waals surface area contributed by atoms with Crippen LogP contribution in [0.25, 0.3) is 0 Å². The van der Waals surface area contributed by atoms with Crippen LogP contribution >= 0.6 is 0 Å². The van der Waals surface area contributed by atoms with Gasteiger partial charge in [0.25, 0.3) is 0 Å². The number of guanidine groups is 1. The van der Waals surface area contributed by atoms with Crippen LogP contribution in [0.15, 0.2) is 47.6 Å². The minimum Gasteiger partial charge on any atom is -0.343 e. The summed E-state index contributed by atoms with van der Waals surface area (Å²) in [6.45, 7) is 5.35. The zero-order chi connectivity index (χ0) is 17.0. The normalized spacial score (nSPS) is 25.2. The molecule has 0 spiro atoms. The molecule has 1 aromatic carbocycles. The van der Waals surface area contributed by atoms with E-state index in [0.29, 0.717) is 6.04 Å². The van der Waals surface area contributed by atoms with Crippen molar-refractivity contribution in [2.45, 2.75) is 44.4 Å². The number of nitrogens with zero attached hydrogens (tertiary/aromatic N) is 3. The van der Waals surface area contributed by atoms with Crippen LogP contribution in [0.5, 0.6) is 0 Å². The van der Waals surface area contributed by atoms with Crippen molar-refractivity contribution in [2.24, 2.45) is 10.7 Å². The zero-order valence-electron chi connectivity index (χ0n) is 14.8. The third-order valence-electron chi connectivity index (χ3n) is 5.15. The Labute approximate surface area is 145 Å². The molecule has 1 atom stereocenters. The first-order valence-corrected chi connectivity index (χ1v) is 8.92. The Kier molecular flexibility index (Phi) is 5.21. The largest absolute Gasteiger partial charge is 0.343 e. The van der Waals surface area contributed by atoms with Crippen LogP contribution in [0.3, 0.4) is 0 Å². The highest BCUT2D eigenvalue weighted by Gasteiger charge is 2.28. The maximum absolute atomic E-state index is 6.27. The third-order valence-corrected chi connectivity index (χ3v) is 5.15. The van der Waals surface area contributed by atoms with Crippen LogP contribution in [0.1, 0.15) is 31.7 Å². The summed E-state index contributed by atoms with van der Waals surface area (Å²) in [4.78, 5) is 9.50. The van der Waals surface area contributed by atoms with Gasteiger partial charge < -0.3 is 16.0 Å². The molecule has 3 rings (SSSR count). The monoisotopic (exact) mass is 327 g/mol. The highest BCUT2D eigenvalue weighted by molar-refractivity contribution is 5.82. The number of benzene rings is 1. The van der Waals surface area contributed by atoms with Crippen LogP contribution in [-0.2, 0) is 6.54 Å². The van der Waals surface area contributed by atoms with Gasteiger partial charge >= 0.3 is 0 Å². The van der Waals surface area contributed by atoms with Crippen molar-refractivity contribution in [1.82, 2.24) is 15.1 Å². The lowest BCUT2D eigenvalue weighted by Gasteiger charge is -2.39. The lowest BCUT2D eigenvalue weighted by atomic mass is 10.0. The number of likely N-dealkylation sites (tertiary alicyclic amines) is 1. The van der Waals surface area contributed by atoms with E-state index in [9.17, 15) is 0 Å². The van der Waals surface area contributed by atoms with Crippen LogP contribution < -0.4 is 11.1 Å². The molecule has 0 aromatic heterocycles. The van der Waals surface area contributed by atoms with Gasteiger partial charge in [0.15, 0.2) is 5.96 Å². The molecule has 1 unspecified atom stereocenters. The van der Waals surface area contributed by atoms with Crippen molar-refractivity contribution in [2.75, 3.05) is 20.1 Å². The van der Waals surface area contributed by atoms with Gasteiger partial charge in [-0.2, -0.15) is 0 Å².